The van der Waals surface area contributed by atoms with Crippen LogP contribution in [0.25, 0.3) is 0 Å². The molecular weight excluding hydrogens is 1070 g/mol. The summed E-state index contributed by atoms with van der Waals surface area (Å²) in [5.74, 6) is -0.524. The van der Waals surface area contributed by atoms with Crippen LogP contribution in [0.5, 0.6) is 0 Å². The fraction of sp³-hybridized carbons (Fsp3) is 0.787. The van der Waals surface area contributed by atoms with Crippen LogP contribution in [0.15, 0.2) is 85.1 Å². The zero-order chi connectivity index (χ0) is 62.1. The van der Waals surface area contributed by atoms with Gasteiger partial charge in [0.25, 0.3) is 0 Å². The number of hydrogen-bond donors (Lipinski definition) is 2. The van der Waals surface area contributed by atoms with Crippen LogP contribution in [-0.4, -0.2) is 74.3 Å². The molecule has 10 heteroatoms. The van der Waals surface area contributed by atoms with Crippen molar-refractivity contribution in [1.29, 1.82) is 0 Å². The summed E-state index contributed by atoms with van der Waals surface area (Å²) < 4.78 is 30.8. The highest BCUT2D eigenvalue weighted by Crippen LogP contribution is 2.43. The first-order valence-corrected chi connectivity index (χ1v) is 37.4. The quantitative estimate of drug-likeness (QED) is 0.0205. The Bertz CT molecular complexity index is 1730. The van der Waals surface area contributed by atoms with Crippen LogP contribution in [0.3, 0.4) is 0 Å². The van der Waals surface area contributed by atoms with Crippen molar-refractivity contribution >= 4 is 19.7 Å². The summed E-state index contributed by atoms with van der Waals surface area (Å²) in [4.78, 5) is 37.9. The summed E-state index contributed by atoms with van der Waals surface area (Å²) in [7, 11) is 1.48. The van der Waals surface area contributed by atoms with Gasteiger partial charge in [-0.3, -0.25) is 18.6 Å². The maximum atomic E-state index is 13.6. The maximum absolute atomic E-state index is 13.6. The summed E-state index contributed by atoms with van der Waals surface area (Å²) in [6.07, 6.45) is 86.0. The average Bonchev–Trinajstić information content (AvgIpc) is 3.52. The van der Waals surface area contributed by atoms with Crippen LogP contribution in [0, 0.1) is 0 Å². The number of phosphoric ester groups is 1. The fourth-order valence-corrected chi connectivity index (χ4v) is 11.1. The van der Waals surface area contributed by atoms with Crippen molar-refractivity contribution in [1.82, 2.24) is 5.32 Å². The van der Waals surface area contributed by atoms with E-state index in [1.807, 2.05) is 33.3 Å². The number of likely N-dealkylation sites (N-methyl/N-ethyl adjacent to an activating group) is 1. The molecule has 0 aliphatic rings. The number of nitrogens with zero attached hydrogens (tertiary/aromatic N) is 1. The zero-order valence-electron chi connectivity index (χ0n) is 56.6. The van der Waals surface area contributed by atoms with Gasteiger partial charge in [-0.05, 0) is 83.1 Å². The smallest absolute Gasteiger partial charge is 0.456 e. The highest BCUT2D eigenvalue weighted by atomic mass is 31.2. The third kappa shape index (κ3) is 65.5. The Hall–Kier alpha value is -2.81. The first kappa shape index (κ1) is 82.2. The second-order valence-corrected chi connectivity index (χ2v) is 26.8. The molecule has 0 fully saturated rings. The van der Waals surface area contributed by atoms with E-state index in [1.165, 1.54) is 186 Å². The van der Waals surface area contributed by atoms with Crippen LogP contribution in [0.1, 0.15) is 329 Å². The molecule has 3 unspecified atom stereocenters. The second-order valence-electron chi connectivity index (χ2n) is 25.4. The molecule has 0 saturated heterocycles. The standard InChI is InChI=1S/C75H137N2O7P/c1-7-10-13-16-19-22-25-28-30-32-34-36-38-40-42-44-46-49-52-55-58-61-64-67-74(78)76-72(71-83-85(80,81)82-70-69-77(4,5)6)73(66-63-60-57-54-51-48-27-24-21-18-15-12-9-3)84-75(79)68-65-62-59-56-53-50-47-45-43-41-39-37-35-33-31-29-26-23-20-17-14-11-8-2/h10,13,19,22,28,30,34,36,40,42,46,49,63,66,72-73H,7-9,11-12,14-18,20-21,23-27,29,31-33,35,37-39,41,43-45,47-48,50-62,64-65,67-71H2,1-6H3,(H-,76,78,80,81)/p+1/b13-10-,22-19-,30-28-,36-34-,42-40-,49-46-,66-63+. The third-order valence-electron chi connectivity index (χ3n) is 15.8. The monoisotopic (exact) mass is 1210 g/mol. The minimum Gasteiger partial charge on any atom is -0.456 e. The number of phosphoric acid groups is 1. The molecule has 0 saturated carbocycles. The summed E-state index contributed by atoms with van der Waals surface area (Å²) in [5, 5.41) is 3.06. The molecule has 0 aromatic heterocycles. The van der Waals surface area contributed by atoms with Crippen molar-refractivity contribution in [2.45, 2.75) is 341 Å². The van der Waals surface area contributed by atoms with Gasteiger partial charge in [0.1, 0.15) is 19.3 Å². The number of unbranched alkanes of at least 4 members (excludes halogenated alkanes) is 37. The van der Waals surface area contributed by atoms with Crippen molar-refractivity contribution in [2.24, 2.45) is 0 Å². The van der Waals surface area contributed by atoms with Gasteiger partial charge in [-0.15, -0.1) is 0 Å². The van der Waals surface area contributed by atoms with Gasteiger partial charge < -0.3 is 19.4 Å². The number of rotatable bonds is 65. The third-order valence-corrected chi connectivity index (χ3v) is 16.8. The van der Waals surface area contributed by atoms with E-state index in [1.54, 1.807) is 0 Å². The summed E-state index contributed by atoms with van der Waals surface area (Å²) in [6.45, 7) is 6.92. The zero-order valence-corrected chi connectivity index (χ0v) is 57.5. The Morgan fingerprint density at radius 3 is 1.13 bits per heavy atom. The van der Waals surface area contributed by atoms with Crippen molar-refractivity contribution in [3.05, 3.63) is 85.1 Å². The lowest BCUT2D eigenvalue weighted by atomic mass is 10.0. The minimum atomic E-state index is -4.47. The molecule has 9 nitrogen and oxygen atoms in total. The first-order chi connectivity index (χ1) is 41.4. The van der Waals surface area contributed by atoms with E-state index >= 15 is 0 Å². The van der Waals surface area contributed by atoms with Crippen LogP contribution < -0.4 is 5.32 Å². The highest BCUT2D eigenvalue weighted by Gasteiger charge is 2.30. The van der Waals surface area contributed by atoms with Gasteiger partial charge in [0.15, 0.2) is 0 Å². The number of carbonyl (C=O) groups excluding carboxylic acids is 2. The molecule has 0 aromatic rings. The predicted octanol–water partition coefficient (Wildman–Crippen LogP) is 22.9. The van der Waals surface area contributed by atoms with Crippen LogP contribution >= 0.6 is 7.82 Å². The van der Waals surface area contributed by atoms with Crippen molar-refractivity contribution in [3.63, 3.8) is 0 Å². The van der Waals surface area contributed by atoms with E-state index in [9.17, 15) is 19.0 Å². The van der Waals surface area contributed by atoms with Gasteiger partial charge >= 0.3 is 13.8 Å². The largest absolute Gasteiger partial charge is 0.472 e. The molecule has 0 aliphatic carbocycles. The van der Waals surface area contributed by atoms with Gasteiger partial charge in [-0.25, -0.2) is 4.57 Å². The van der Waals surface area contributed by atoms with Gasteiger partial charge in [-0.2, -0.15) is 0 Å². The molecule has 0 spiro atoms. The predicted molar refractivity (Wildman–Crippen MR) is 369 cm³/mol. The molecule has 2 N–H and O–H groups in total. The van der Waals surface area contributed by atoms with Gasteiger partial charge in [0.05, 0.1) is 33.8 Å². The maximum Gasteiger partial charge on any atom is 0.472 e. The van der Waals surface area contributed by atoms with E-state index in [0.29, 0.717) is 23.9 Å². The molecule has 3 atom stereocenters. The Kier molecular flexibility index (Phi) is 62.1. The lowest BCUT2D eigenvalue weighted by Crippen LogP contribution is -2.47. The molecule has 0 rings (SSSR count). The average molecular weight is 1210 g/mol. The Balaban J connectivity index is 5.15. The molecular formula is C75H138N2O7P+. The van der Waals surface area contributed by atoms with E-state index in [-0.39, 0.29) is 31.5 Å². The second kappa shape index (κ2) is 64.2. The number of amides is 1. The van der Waals surface area contributed by atoms with Gasteiger partial charge in [0, 0.05) is 12.8 Å². The SMILES string of the molecule is CC/C=C\C/C=C\C/C=C\C/C=C\C/C=C\C/C=C\CCCCCCC(=O)NC(COP(=O)(O)OCC[N+](C)(C)C)C(/C=C/CCCCCCCCCCCCC)OC(=O)CCCCCCCCCCCCCCCCCCCCCCCCC. The van der Waals surface area contributed by atoms with Crippen molar-refractivity contribution in [3.8, 4) is 0 Å². The molecule has 494 valence electrons. The Morgan fingerprint density at radius 2 is 0.753 bits per heavy atom. The first-order valence-electron chi connectivity index (χ1n) is 35.9. The van der Waals surface area contributed by atoms with Gasteiger partial charge in [-0.1, -0.05) is 318 Å². The number of hydrogen-bond acceptors (Lipinski definition) is 6. The van der Waals surface area contributed by atoms with E-state index < -0.39 is 20.0 Å². The Morgan fingerprint density at radius 1 is 0.424 bits per heavy atom. The molecule has 0 radical (unpaired) electrons. The number of ether oxygens (including phenoxy) is 1. The lowest BCUT2D eigenvalue weighted by molar-refractivity contribution is -0.870. The summed E-state index contributed by atoms with van der Waals surface area (Å²) in [5.41, 5.74) is 0. The number of carbonyl (C=O) groups is 2. The number of nitrogens with one attached hydrogen (secondary N) is 1. The van der Waals surface area contributed by atoms with Crippen LogP contribution in [-0.2, 0) is 27.9 Å². The normalized spacial score (nSPS) is 14.0. The van der Waals surface area contributed by atoms with E-state index in [0.717, 1.165) is 103 Å². The van der Waals surface area contributed by atoms with Crippen molar-refractivity contribution < 1.29 is 37.3 Å². The number of esters is 1. The topological polar surface area (TPSA) is 111 Å². The molecule has 0 aromatic carbocycles. The Labute approximate surface area is 526 Å². The molecule has 0 bridgehead atoms. The molecule has 0 aliphatic heterocycles. The van der Waals surface area contributed by atoms with Crippen LogP contribution in [0.4, 0.5) is 0 Å². The van der Waals surface area contributed by atoms with E-state index in [2.05, 4.69) is 99.0 Å². The van der Waals surface area contributed by atoms with Crippen LogP contribution in [0.2, 0.25) is 0 Å². The molecule has 1 amide bonds. The van der Waals surface area contributed by atoms with Gasteiger partial charge in [0.2, 0.25) is 5.91 Å². The highest BCUT2D eigenvalue weighted by molar-refractivity contribution is 7.47. The van der Waals surface area contributed by atoms with E-state index in [4.69, 9.17) is 13.8 Å². The summed E-state index contributed by atoms with van der Waals surface area (Å²) >= 11 is 0. The fourth-order valence-electron chi connectivity index (χ4n) is 10.4. The summed E-state index contributed by atoms with van der Waals surface area (Å²) in [6, 6.07) is -0.866. The molecule has 0 heterocycles. The number of allylic oxidation sites excluding steroid dienone is 13. The molecule has 85 heavy (non-hydrogen) atoms. The lowest BCUT2D eigenvalue weighted by Gasteiger charge is -2.27. The minimum absolute atomic E-state index is 0.0330. The number of quaternary nitrogens is 1. The van der Waals surface area contributed by atoms with Crippen molar-refractivity contribution in [2.75, 3.05) is 40.9 Å².